The van der Waals surface area contributed by atoms with Crippen molar-refractivity contribution in [2.24, 2.45) is 0 Å². The molecule has 0 unspecified atom stereocenters. The van der Waals surface area contributed by atoms with Crippen LogP contribution < -0.4 is 5.32 Å². The maximum absolute atomic E-state index is 4.83. The molecule has 1 fully saturated rings. The monoisotopic (exact) mass is 307 g/mol. The van der Waals surface area contributed by atoms with E-state index in [9.17, 15) is 0 Å². The lowest BCUT2D eigenvalue weighted by molar-refractivity contribution is 0.669. The first kappa shape index (κ1) is 16.8. The van der Waals surface area contributed by atoms with Crippen LogP contribution in [0.5, 0.6) is 0 Å². The fourth-order valence-corrected chi connectivity index (χ4v) is 3.32. The normalized spacial score (nSPS) is 14.6. The Morgan fingerprint density at radius 2 is 1.76 bits per heavy atom. The van der Waals surface area contributed by atoms with E-state index in [1.165, 1.54) is 42.0 Å². The van der Waals surface area contributed by atoms with E-state index in [0.29, 0.717) is 0 Å². The van der Waals surface area contributed by atoms with E-state index in [2.05, 4.69) is 26.1 Å². The number of nitrogens with one attached hydrogen (secondary N) is 1. The van der Waals surface area contributed by atoms with E-state index < -0.39 is 0 Å². The molecule has 0 atom stereocenters. The van der Waals surface area contributed by atoms with Crippen LogP contribution in [0.4, 0.5) is 0 Å². The molecule has 1 N–H and O–H groups in total. The van der Waals surface area contributed by atoms with Crippen LogP contribution in [0.15, 0.2) is 0 Å². The van der Waals surface area contributed by atoms with Crippen molar-refractivity contribution in [1.82, 2.24) is 15.3 Å². The molecule has 2 rings (SSSR count). The van der Waals surface area contributed by atoms with Crippen LogP contribution in [0.1, 0.15) is 62.8 Å². The molecule has 21 heavy (non-hydrogen) atoms. The zero-order valence-corrected chi connectivity index (χ0v) is 14.6. The molecule has 1 aromatic heterocycles. The fourth-order valence-electron chi connectivity index (χ4n) is 2.57. The Morgan fingerprint density at radius 1 is 1.10 bits per heavy atom. The minimum absolute atomic E-state index is 0.783. The van der Waals surface area contributed by atoms with Gasteiger partial charge in [0.2, 0.25) is 0 Å². The van der Waals surface area contributed by atoms with E-state index >= 15 is 0 Å². The molecule has 1 aliphatic rings. The lowest BCUT2D eigenvalue weighted by atomic mass is 10.0. The summed E-state index contributed by atoms with van der Waals surface area (Å²) < 4.78 is 0. The van der Waals surface area contributed by atoms with E-state index in [4.69, 9.17) is 9.97 Å². The third kappa shape index (κ3) is 5.26. The molecule has 1 heterocycles. The van der Waals surface area contributed by atoms with Crippen LogP contribution in [0.2, 0.25) is 0 Å². The number of rotatable bonds is 10. The zero-order chi connectivity index (χ0) is 15.1. The molecule has 0 spiro atoms. The molecule has 0 bridgehead atoms. The molecule has 0 radical (unpaired) electrons. The van der Waals surface area contributed by atoms with E-state index in [1.807, 2.05) is 11.8 Å². The van der Waals surface area contributed by atoms with E-state index in [0.717, 1.165) is 43.4 Å². The van der Waals surface area contributed by atoms with Gasteiger partial charge in [0, 0.05) is 17.4 Å². The number of aryl methyl sites for hydroxylation is 2. The Hall–Kier alpha value is -0.610. The summed E-state index contributed by atoms with van der Waals surface area (Å²) in [7, 11) is 0. The second kappa shape index (κ2) is 8.74. The first-order valence-electron chi connectivity index (χ1n) is 8.47. The smallest absolute Gasteiger partial charge is 0.138 e. The minimum atomic E-state index is 0.783. The van der Waals surface area contributed by atoms with Crippen molar-refractivity contribution >= 4 is 11.8 Å². The van der Waals surface area contributed by atoms with Crippen LogP contribution in [0.3, 0.4) is 0 Å². The summed E-state index contributed by atoms with van der Waals surface area (Å²) in [4.78, 5) is 9.65. The third-order valence-electron chi connectivity index (χ3n) is 3.86. The van der Waals surface area contributed by atoms with Gasteiger partial charge in [-0.3, -0.25) is 0 Å². The highest BCUT2D eigenvalue weighted by molar-refractivity contribution is 7.98. The second-order valence-electron chi connectivity index (χ2n) is 5.75. The van der Waals surface area contributed by atoms with Crippen molar-refractivity contribution in [2.45, 2.75) is 71.1 Å². The van der Waals surface area contributed by atoms with Crippen LogP contribution >= 0.6 is 11.8 Å². The van der Waals surface area contributed by atoms with Gasteiger partial charge < -0.3 is 5.32 Å². The molecule has 4 heteroatoms. The summed E-state index contributed by atoms with van der Waals surface area (Å²) in [6, 6.07) is 0.783. The summed E-state index contributed by atoms with van der Waals surface area (Å²) >= 11 is 1.94. The van der Waals surface area contributed by atoms with Crippen LogP contribution in [-0.2, 0) is 25.0 Å². The fraction of sp³-hybridized carbons (Fsp3) is 0.765. The zero-order valence-electron chi connectivity index (χ0n) is 13.7. The Kier molecular flexibility index (Phi) is 6.97. The quantitative estimate of drug-likeness (QED) is 0.671. The number of hydrogen-bond donors (Lipinski definition) is 1. The molecule has 1 saturated carbocycles. The van der Waals surface area contributed by atoms with Crippen molar-refractivity contribution in [1.29, 1.82) is 0 Å². The summed E-state index contributed by atoms with van der Waals surface area (Å²) in [5, 5.41) is 3.60. The van der Waals surface area contributed by atoms with Gasteiger partial charge in [-0.2, -0.15) is 11.8 Å². The summed E-state index contributed by atoms with van der Waals surface area (Å²) in [6.45, 7) is 7.71. The summed E-state index contributed by atoms with van der Waals surface area (Å²) in [6.07, 6.45) is 7.03. The Bertz CT molecular complexity index is 419. The first-order chi connectivity index (χ1) is 10.3. The second-order valence-corrected chi connectivity index (χ2v) is 6.86. The molecule has 0 aliphatic heterocycles. The minimum Gasteiger partial charge on any atom is -0.314 e. The molecule has 0 saturated heterocycles. The maximum atomic E-state index is 4.83. The number of hydrogen-bond acceptors (Lipinski definition) is 4. The van der Waals surface area contributed by atoms with Crippen molar-refractivity contribution in [2.75, 3.05) is 12.3 Å². The van der Waals surface area contributed by atoms with Gasteiger partial charge in [0.15, 0.2) is 0 Å². The topological polar surface area (TPSA) is 37.8 Å². The average Bonchev–Trinajstić information content (AvgIpc) is 3.32. The van der Waals surface area contributed by atoms with Crippen molar-refractivity contribution < 1.29 is 0 Å². The van der Waals surface area contributed by atoms with Gasteiger partial charge in [0.25, 0.3) is 0 Å². The molecule has 1 aliphatic carbocycles. The van der Waals surface area contributed by atoms with Gasteiger partial charge in [0.1, 0.15) is 5.82 Å². The lowest BCUT2D eigenvalue weighted by Crippen LogP contribution is -2.21. The molecule has 0 aromatic carbocycles. The van der Waals surface area contributed by atoms with E-state index in [-0.39, 0.29) is 0 Å². The Labute approximate surface area is 133 Å². The van der Waals surface area contributed by atoms with Gasteiger partial charge >= 0.3 is 0 Å². The molecule has 118 valence electrons. The number of thioether (sulfide) groups is 1. The number of aromatic nitrogens is 2. The molecular formula is C17H29N3S. The van der Waals surface area contributed by atoms with Gasteiger partial charge in [-0.15, -0.1) is 0 Å². The van der Waals surface area contributed by atoms with Crippen LogP contribution in [0.25, 0.3) is 0 Å². The first-order valence-corrected chi connectivity index (χ1v) is 9.62. The van der Waals surface area contributed by atoms with Crippen molar-refractivity contribution in [3.05, 3.63) is 22.8 Å². The van der Waals surface area contributed by atoms with Gasteiger partial charge in [-0.25, -0.2) is 9.97 Å². The van der Waals surface area contributed by atoms with E-state index in [1.54, 1.807) is 0 Å². The summed E-state index contributed by atoms with van der Waals surface area (Å²) in [5.74, 6) is 3.18. The van der Waals surface area contributed by atoms with Gasteiger partial charge in [-0.1, -0.05) is 20.8 Å². The number of nitrogens with zero attached hydrogens (tertiary/aromatic N) is 2. The SMILES string of the molecule is CCCSCc1nc(CC)c(CCNC2CC2)c(CC)n1. The van der Waals surface area contributed by atoms with Crippen LogP contribution in [0, 0.1) is 0 Å². The largest absolute Gasteiger partial charge is 0.314 e. The van der Waals surface area contributed by atoms with Crippen molar-refractivity contribution in [3.63, 3.8) is 0 Å². The Morgan fingerprint density at radius 3 is 2.29 bits per heavy atom. The van der Waals surface area contributed by atoms with Crippen LogP contribution in [-0.4, -0.2) is 28.3 Å². The van der Waals surface area contributed by atoms with Gasteiger partial charge in [-0.05, 0) is 56.4 Å². The molecule has 1 aromatic rings. The highest BCUT2D eigenvalue weighted by Crippen LogP contribution is 2.20. The predicted octanol–water partition coefficient (Wildman–Crippen LogP) is 3.54. The molecular weight excluding hydrogens is 278 g/mol. The molecule has 0 amide bonds. The predicted molar refractivity (Wildman–Crippen MR) is 92.0 cm³/mol. The highest BCUT2D eigenvalue weighted by atomic mass is 32.2. The van der Waals surface area contributed by atoms with Gasteiger partial charge in [0.05, 0.1) is 5.75 Å². The Balaban J connectivity index is 2.05. The maximum Gasteiger partial charge on any atom is 0.138 e. The highest BCUT2D eigenvalue weighted by Gasteiger charge is 2.20. The lowest BCUT2D eigenvalue weighted by Gasteiger charge is -2.14. The average molecular weight is 308 g/mol. The molecule has 3 nitrogen and oxygen atoms in total. The van der Waals surface area contributed by atoms with Crippen molar-refractivity contribution in [3.8, 4) is 0 Å². The third-order valence-corrected chi connectivity index (χ3v) is 5.02. The standard InChI is InChI=1S/C17H29N3S/c1-4-11-21-12-17-19-15(5-2)14(16(6-3)20-17)9-10-18-13-7-8-13/h13,18H,4-12H2,1-3H3. The summed E-state index contributed by atoms with van der Waals surface area (Å²) in [5.41, 5.74) is 3.94.